The fourth-order valence-electron chi connectivity index (χ4n) is 0.287. The van der Waals surface area contributed by atoms with Crippen LogP contribution in [0.2, 0.25) is 0 Å². The molecule has 1 unspecified atom stereocenters. The maximum Gasteiger partial charge on any atom is 0.489 e. The van der Waals surface area contributed by atoms with Gasteiger partial charge in [-0.25, -0.2) is 4.57 Å². The minimum atomic E-state index is -4.98. The Hall–Kier alpha value is -0.240. The SMILES string of the molecule is C=CCOP(=O)(O)OS(=O)(=O)O. The van der Waals surface area contributed by atoms with Crippen LogP contribution in [0.15, 0.2) is 12.7 Å². The predicted molar refractivity (Wildman–Crippen MR) is 38.6 cm³/mol. The van der Waals surface area contributed by atoms with Crippen molar-refractivity contribution in [1.82, 2.24) is 0 Å². The van der Waals surface area contributed by atoms with Crippen molar-refractivity contribution in [3.63, 3.8) is 0 Å². The standard InChI is InChI=1S/C3H7O7PS/c1-2-3-9-11(4,5)10-12(6,7)8/h2H,1,3H2,(H,4,5)(H,6,7,8). The van der Waals surface area contributed by atoms with Crippen molar-refractivity contribution in [3.8, 4) is 0 Å². The molecule has 0 aromatic carbocycles. The fraction of sp³-hybridized carbons (Fsp3) is 0.333. The normalized spacial score (nSPS) is 16.8. The van der Waals surface area contributed by atoms with Crippen LogP contribution < -0.4 is 0 Å². The third kappa shape index (κ3) is 6.47. The van der Waals surface area contributed by atoms with Gasteiger partial charge < -0.3 is 4.89 Å². The van der Waals surface area contributed by atoms with Gasteiger partial charge in [0.1, 0.15) is 0 Å². The maximum atomic E-state index is 10.5. The summed E-state index contributed by atoms with van der Waals surface area (Å²) in [7, 11) is -9.72. The highest BCUT2D eigenvalue weighted by molar-refractivity contribution is 7.85. The molecule has 0 aliphatic heterocycles. The minimum absolute atomic E-state index is 0.372. The van der Waals surface area contributed by atoms with Crippen LogP contribution in [0.5, 0.6) is 0 Å². The van der Waals surface area contributed by atoms with Crippen LogP contribution >= 0.6 is 7.82 Å². The Bertz CT molecular complexity index is 292. The first-order valence-corrected chi connectivity index (χ1v) is 5.40. The third-order valence-corrected chi connectivity index (χ3v) is 2.53. The van der Waals surface area contributed by atoms with Gasteiger partial charge in [-0.1, -0.05) is 6.08 Å². The smallest absolute Gasteiger partial charge is 0.302 e. The van der Waals surface area contributed by atoms with Gasteiger partial charge in [-0.3, -0.25) is 9.08 Å². The van der Waals surface area contributed by atoms with E-state index in [1.54, 1.807) is 0 Å². The number of phosphoric acid groups is 1. The first kappa shape index (κ1) is 11.8. The molecule has 0 heterocycles. The fourth-order valence-corrected chi connectivity index (χ4v) is 1.71. The third-order valence-electron chi connectivity index (χ3n) is 0.544. The Labute approximate surface area is 69.2 Å². The topological polar surface area (TPSA) is 110 Å². The van der Waals surface area contributed by atoms with Gasteiger partial charge in [-0.05, 0) is 0 Å². The van der Waals surface area contributed by atoms with Crippen LogP contribution in [0.3, 0.4) is 0 Å². The number of rotatable bonds is 5. The first-order valence-electron chi connectivity index (χ1n) is 2.54. The average molecular weight is 218 g/mol. The molecule has 0 amide bonds. The van der Waals surface area contributed by atoms with Crippen LogP contribution in [-0.4, -0.2) is 24.5 Å². The summed E-state index contributed by atoms with van der Waals surface area (Å²) in [5.74, 6) is 0. The Morgan fingerprint density at radius 3 is 2.42 bits per heavy atom. The number of phosphoric ester groups is 1. The van der Waals surface area contributed by atoms with Crippen molar-refractivity contribution in [3.05, 3.63) is 12.7 Å². The lowest BCUT2D eigenvalue weighted by Gasteiger charge is -2.06. The Morgan fingerprint density at radius 1 is 1.58 bits per heavy atom. The van der Waals surface area contributed by atoms with Crippen LogP contribution in [0, 0.1) is 0 Å². The highest BCUT2D eigenvalue weighted by Gasteiger charge is 2.27. The van der Waals surface area contributed by atoms with Crippen molar-refractivity contribution < 1.29 is 30.9 Å². The van der Waals surface area contributed by atoms with E-state index in [1.165, 1.54) is 0 Å². The van der Waals surface area contributed by atoms with E-state index in [0.717, 1.165) is 6.08 Å². The molecule has 0 bridgehead atoms. The second-order valence-corrected chi connectivity index (χ2v) is 4.20. The molecule has 9 heteroatoms. The quantitative estimate of drug-likeness (QED) is 0.382. The van der Waals surface area contributed by atoms with Crippen molar-refractivity contribution in [2.75, 3.05) is 6.61 Å². The zero-order chi connectivity index (χ0) is 9.83. The molecule has 12 heavy (non-hydrogen) atoms. The van der Waals surface area contributed by atoms with E-state index in [9.17, 15) is 13.0 Å². The van der Waals surface area contributed by atoms with E-state index in [2.05, 4.69) is 15.1 Å². The Kier molecular flexibility index (Phi) is 4.04. The van der Waals surface area contributed by atoms with Gasteiger partial charge in [-0.2, -0.15) is 8.42 Å². The highest BCUT2D eigenvalue weighted by atomic mass is 32.3. The lowest BCUT2D eigenvalue weighted by atomic mass is 10.7. The van der Waals surface area contributed by atoms with E-state index < -0.39 is 18.2 Å². The molecule has 1 atom stereocenters. The molecule has 0 saturated carbocycles. The zero-order valence-electron chi connectivity index (χ0n) is 5.78. The van der Waals surface area contributed by atoms with E-state index in [-0.39, 0.29) is 6.61 Å². The van der Waals surface area contributed by atoms with Gasteiger partial charge in [0.25, 0.3) is 0 Å². The first-order chi connectivity index (χ1) is 5.27. The molecule has 0 aromatic rings. The largest absolute Gasteiger partial charge is 0.489 e. The molecule has 0 aliphatic carbocycles. The molecule has 0 spiro atoms. The summed E-state index contributed by atoms with van der Waals surface area (Å²) < 4.78 is 45.6. The van der Waals surface area contributed by atoms with Gasteiger partial charge in [-0.15, -0.1) is 10.5 Å². The van der Waals surface area contributed by atoms with E-state index in [4.69, 9.17) is 9.45 Å². The zero-order valence-corrected chi connectivity index (χ0v) is 7.49. The van der Waals surface area contributed by atoms with Crippen molar-refractivity contribution in [1.29, 1.82) is 0 Å². The molecular formula is C3H7O7PS. The molecule has 0 rings (SSSR count). The maximum absolute atomic E-state index is 10.5. The Morgan fingerprint density at radius 2 is 2.08 bits per heavy atom. The molecule has 0 aliphatic rings. The van der Waals surface area contributed by atoms with Crippen LogP contribution in [0.25, 0.3) is 0 Å². The molecule has 72 valence electrons. The Balaban J connectivity index is 4.24. The predicted octanol–water partition coefficient (Wildman–Crippen LogP) is 0.109. The molecular weight excluding hydrogens is 211 g/mol. The van der Waals surface area contributed by atoms with Gasteiger partial charge in [0.05, 0.1) is 6.61 Å². The van der Waals surface area contributed by atoms with Crippen LogP contribution in [0.4, 0.5) is 0 Å². The van der Waals surface area contributed by atoms with Gasteiger partial charge in [0, 0.05) is 0 Å². The second kappa shape index (κ2) is 4.13. The summed E-state index contributed by atoms with van der Waals surface area (Å²) in [5, 5.41) is 0. The minimum Gasteiger partial charge on any atom is -0.302 e. The lowest BCUT2D eigenvalue weighted by Crippen LogP contribution is -2.03. The molecule has 0 fully saturated rings. The average Bonchev–Trinajstić information content (AvgIpc) is 1.78. The summed E-state index contributed by atoms with van der Waals surface area (Å²) in [5.41, 5.74) is 0. The summed E-state index contributed by atoms with van der Waals surface area (Å²) >= 11 is 0. The number of hydrogen-bond donors (Lipinski definition) is 2. The van der Waals surface area contributed by atoms with Gasteiger partial charge >= 0.3 is 18.2 Å². The van der Waals surface area contributed by atoms with E-state index >= 15 is 0 Å². The molecule has 0 radical (unpaired) electrons. The monoisotopic (exact) mass is 218 g/mol. The van der Waals surface area contributed by atoms with Crippen molar-refractivity contribution in [2.45, 2.75) is 0 Å². The molecule has 0 aromatic heterocycles. The van der Waals surface area contributed by atoms with Crippen molar-refractivity contribution in [2.24, 2.45) is 0 Å². The molecule has 7 nitrogen and oxygen atoms in total. The van der Waals surface area contributed by atoms with Crippen LogP contribution in [-0.2, 0) is 23.5 Å². The van der Waals surface area contributed by atoms with E-state index in [1.807, 2.05) is 0 Å². The van der Waals surface area contributed by atoms with Crippen molar-refractivity contribution >= 4 is 18.2 Å². The number of hydrogen-bond acceptors (Lipinski definition) is 5. The van der Waals surface area contributed by atoms with Gasteiger partial charge in [0.2, 0.25) is 0 Å². The van der Waals surface area contributed by atoms with E-state index in [0.29, 0.717) is 0 Å². The molecule has 0 saturated heterocycles. The summed E-state index contributed by atoms with van der Waals surface area (Å²) in [6.07, 6.45) is 1.11. The summed E-state index contributed by atoms with van der Waals surface area (Å²) in [6, 6.07) is 0. The van der Waals surface area contributed by atoms with Gasteiger partial charge in [0.15, 0.2) is 0 Å². The highest BCUT2D eigenvalue weighted by Crippen LogP contribution is 2.44. The summed E-state index contributed by atoms with van der Waals surface area (Å²) in [6.45, 7) is 2.76. The summed E-state index contributed by atoms with van der Waals surface area (Å²) in [4.78, 5) is 8.51. The second-order valence-electron chi connectivity index (χ2n) is 1.56. The van der Waals surface area contributed by atoms with Crippen LogP contribution in [0.1, 0.15) is 0 Å². The lowest BCUT2D eigenvalue weighted by molar-refractivity contribution is 0.216. The molecule has 2 N–H and O–H groups in total.